The number of nitrogens with zero attached hydrogens (tertiary/aromatic N) is 1. The number of carbonyl (C=O) groups is 1. The molecule has 0 atom stereocenters. The molecule has 3 N–H and O–H groups in total. The summed E-state index contributed by atoms with van der Waals surface area (Å²) >= 11 is 4.76. The lowest BCUT2D eigenvalue weighted by atomic mass is 10.2. The van der Waals surface area contributed by atoms with Crippen LogP contribution >= 0.6 is 12.2 Å². The summed E-state index contributed by atoms with van der Waals surface area (Å²) in [5.74, 6) is 0. The van der Waals surface area contributed by atoms with Crippen molar-refractivity contribution in [3.63, 3.8) is 0 Å². The maximum atomic E-state index is 12.0. The monoisotopic (exact) mass is 291 g/mol. The number of carbonyl (C=O) groups excluding carboxylic acids is 1. The van der Waals surface area contributed by atoms with Crippen LogP contribution in [0.5, 0.6) is 0 Å². The van der Waals surface area contributed by atoms with Crippen LogP contribution in [0.25, 0.3) is 0 Å². The third-order valence-electron chi connectivity index (χ3n) is 2.28. The van der Waals surface area contributed by atoms with Crippen LogP contribution in [0.1, 0.15) is 5.56 Å². The van der Waals surface area contributed by atoms with E-state index < -0.39 is 18.8 Å². The average Bonchev–Trinajstić information content (AvgIpc) is 2.34. The molecule has 0 radical (unpaired) electrons. The van der Waals surface area contributed by atoms with Crippen LogP contribution in [0.3, 0.4) is 0 Å². The van der Waals surface area contributed by atoms with Gasteiger partial charge in [0.1, 0.15) is 11.5 Å². The van der Waals surface area contributed by atoms with Crippen molar-refractivity contribution in [2.75, 3.05) is 18.5 Å². The Morgan fingerprint density at radius 2 is 1.89 bits per heavy atom. The summed E-state index contributed by atoms with van der Waals surface area (Å²) in [6, 6.07) is 5.42. The SMILES string of the molecule is CN(C(=O)NCC(F)(F)F)c1ccc(C(N)=S)cc1. The second-order valence-corrected chi connectivity index (χ2v) is 4.18. The molecule has 0 saturated heterocycles. The highest BCUT2D eigenvalue weighted by Gasteiger charge is 2.28. The molecular weight excluding hydrogens is 279 g/mol. The van der Waals surface area contributed by atoms with E-state index in [1.54, 1.807) is 29.6 Å². The van der Waals surface area contributed by atoms with E-state index in [1.165, 1.54) is 7.05 Å². The molecule has 0 bridgehead atoms. The Bertz CT molecular complexity index is 473. The Balaban J connectivity index is 2.69. The number of hydrogen-bond acceptors (Lipinski definition) is 2. The first kappa shape index (κ1) is 15.2. The molecule has 0 fully saturated rings. The number of amides is 2. The lowest BCUT2D eigenvalue weighted by Crippen LogP contribution is -2.41. The van der Waals surface area contributed by atoms with Gasteiger partial charge in [-0.1, -0.05) is 12.2 Å². The van der Waals surface area contributed by atoms with Crippen LogP contribution in [0.4, 0.5) is 23.7 Å². The summed E-state index contributed by atoms with van der Waals surface area (Å²) in [5, 5.41) is 1.77. The van der Waals surface area contributed by atoms with Gasteiger partial charge in [-0.15, -0.1) is 0 Å². The third-order valence-corrected chi connectivity index (χ3v) is 2.52. The highest BCUT2D eigenvalue weighted by atomic mass is 32.1. The van der Waals surface area contributed by atoms with Gasteiger partial charge < -0.3 is 11.1 Å². The maximum Gasteiger partial charge on any atom is 0.405 e. The summed E-state index contributed by atoms with van der Waals surface area (Å²) < 4.78 is 35.9. The molecule has 0 unspecified atom stereocenters. The fourth-order valence-corrected chi connectivity index (χ4v) is 1.40. The number of thiocarbonyl (C=S) groups is 1. The number of rotatable bonds is 3. The quantitative estimate of drug-likeness (QED) is 0.838. The number of halogens is 3. The minimum absolute atomic E-state index is 0.204. The van der Waals surface area contributed by atoms with Crippen molar-refractivity contribution in [1.29, 1.82) is 0 Å². The number of alkyl halides is 3. The van der Waals surface area contributed by atoms with E-state index >= 15 is 0 Å². The van der Waals surface area contributed by atoms with Crippen molar-refractivity contribution in [3.8, 4) is 0 Å². The highest BCUT2D eigenvalue weighted by molar-refractivity contribution is 7.80. The van der Waals surface area contributed by atoms with E-state index in [0.717, 1.165) is 4.90 Å². The summed E-state index contributed by atoms with van der Waals surface area (Å²) in [5.41, 5.74) is 6.45. The van der Waals surface area contributed by atoms with Gasteiger partial charge in [0.25, 0.3) is 0 Å². The topological polar surface area (TPSA) is 58.4 Å². The lowest BCUT2D eigenvalue weighted by molar-refractivity contribution is -0.122. The molecule has 4 nitrogen and oxygen atoms in total. The molecule has 1 rings (SSSR count). The molecule has 0 aliphatic carbocycles. The van der Waals surface area contributed by atoms with Gasteiger partial charge in [-0.25, -0.2) is 4.79 Å². The van der Waals surface area contributed by atoms with E-state index in [-0.39, 0.29) is 4.99 Å². The predicted molar refractivity (Wildman–Crippen MR) is 70.2 cm³/mol. The number of nitrogens with two attached hydrogens (primary N) is 1. The first-order valence-corrected chi connectivity index (χ1v) is 5.60. The molecule has 8 heteroatoms. The van der Waals surface area contributed by atoms with Crippen molar-refractivity contribution in [2.24, 2.45) is 5.73 Å². The lowest BCUT2D eigenvalue weighted by Gasteiger charge is -2.19. The molecule has 0 aliphatic heterocycles. The molecule has 19 heavy (non-hydrogen) atoms. The fraction of sp³-hybridized carbons (Fsp3) is 0.273. The van der Waals surface area contributed by atoms with Crippen molar-refractivity contribution < 1.29 is 18.0 Å². The number of hydrogen-bond donors (Lipinski definition) is 2. The van der Waals surface area contributed by atoms with Gasteiger partial charge >= 0.3 is 12.2 Å². The predicted octanol–water partition coefficient (Wildman–Crippen LogP) is 2.03. The van der Waals surface area contributed by atoms with Crippen molar-refractivity contribution >= 4 is 28.9 Å². The van der Waals surface area contributed by atoms with Gasteiger partial charge in [0.05, 0.1) is 0 Å². The maximum absolute atomic E-state index is 12.0. The van der Waals surface area contributed by atoms with Gasteiger partial charge in [-0.05, 0) is 24.3 Å². The molecule has 0 aromatic heterocycles. The smallest absolute Gasteiger partial charge is 0.389 e. The van der Waals surface area contributed by atoms with Crippen LogP contribution in [-0.4, -0.2) is 30.8 Å². The number of anilines is 1. The second-order valence-electron chi connectivity index (χ2n) is 3.74. The van der Waals surface area contributed by atoms with Crippen LogP contribution < -0.4 is 16.0 Å². The Labute approximate surface area is 113 Å². The molecular formula is C11H12F3N3OS. The molecule has 0 heterocycles. The van der Waals surface area contributed by atoms with E-state index in [9.17, 15) is 18.0 Å². The molecule has 104 valence electrons. The van der Waals surface area contributed by atoms with Gasteiger partial charge in [0.15, 0.2) is 0 Å². The Morgan fingerprint density at radius 1 is 1.37 bits per heavy atom. The fourth-order valence-electron chi connectivity index (χ4n) is 1.26. The molecule has 0 aliphatic rings. The summed E-state index contributed by atoms with van der Waals surface area (Å²) in [4.78, 5) is 12.7. The minimum Gasteiger partial charge on any atom is -0.389 e. The van der Waals surface area contributed by atoms with E-state index in [4.69, 9.17) is 18.0 Å². The molecule has 2 amide bonds. The highest BCUT2D eigenvalue weighted by Crippen LogP contribution is 2.15. The molecule has 1 aromatic rings. The molecule has 0 spiro atoms. The Kier molecular flexibility index (Phi) is 4.71. The van der Waals surface area contributed by atoms with Crippen molar-refractivity contribution in [1.82, 2.24) is 5.32 Å². The first-order valence-electron chi connectivity index (χ1n) is 5.19. The summed E-state index contributed by atoms with van der Waals surface area (Å²) in [7, 11) is 1.36. The van der Waals surface area contributed by atoms with Crippen LogP contribution in [-0.2, 0) is 0 Å². The molecule has 1 aromatic carbocycles. The molecule has 0 saturated carbocycles. The number of benzene rings is 1. The van der Waals surface area contributed by atoms with Gasteiger partial charge in [-0.2, -0.15) is 13.2 Å². The van der Waals surface area contributed by atoms with E-state index in [2.05, 4.69) is 0 Å². The van der Waals surface area contributed by atoms with E-state index in [1.807, 2.05) is 0 Å². The van der Waals surface area contributed by atoms with Gasteiger partial charge in [0, 0.05) is 18.3 Å². The Morgan fingerprint density at radius 3 is 2.32 bits per heavy atom. The number of nitrogens with one attached hydrogen (secondary N) is 1. The standard InChI is InChI=1S/C11H12F3N3OS/c1-17(10(18)16-6-11(12,13)14)8-4-2-7(3-5-8)9(15)19/h2-5H,6H2,1H3,(H2,15,19)(H,16,18). The van der Waals surface area contributed by atoms with Crippen LogP contribution in [0, 0.1) is 0 Å². The third kappa shape index (κ3) is 4.74. The summed E-state index contributed by atoms with van der Waals surface area (Å²) in [6.45, 7) is -1.37. The minimum atomic E-state index is -4.44. The van der Waals surface area contributed by atoms with Crippen LogP contribution in [0.2, 0.25) is 0 Å². The Hall–Kier alpha value is -1.83. The zero-order valence-electron chi connectivity index (χ0n) is 9.99. The van der Waals surface area contributed by atoms with Gasteiger partial charge in [0.2, 0.25) is 0 Å². The van der Waals surface area contributed by atoms with E-state index in [0.29, 0.717) is 11.3 Å². The summed E-state index contributed by atoms with van der Waals surface area (Å²) in [6.07, 6.45) is -4.44. The second kappa shape index (κ2) is 5.87. The zero-order valence-corrected chi connectivity index (χ0v) is 10.8. The van der Waals surface area contributed by atoms with Crippen molar-refractivity contribution in [2.45, 2.75) is 6.18 Å². The van der Waals surface area contributed by atoms with Crippen molar-refractivity contribution in [3.05, 3.63) is 29.8 Å². The first-order chi connectivity index (χ1) is 8.70. The number of urea groups is 1. The average molecular weight is 291 g/mol. The normalized spacial score (nSPS) is 10.9. The van der Waals surface area contributed by atoms with Gasteiger partial charge in [-0.3, -0.25) is 4.90 Å². The van der Waals surface area contributed by atoms with Crippen LogP contribution in [0.15, 0.2) is 24.3 Å². The largest absolute Gasteiger partial charge is 0.405 e. The zero-order chi connectivity index (χ0) is 14.6.